The van der Waals surface area contributed by atoms with Crippen LogP contribution in [0.4, 0.5) is 5.69 Å². The van der Waals surface area contributed by atoms with Crippen molar-refractivity contribution in [1.29, 1.82) is 0 Å². The van der Waals surface area contributed by atoms with Gasteiger partial charge in [0.15, 0.2) is 0 Å². The van der Waals surface area contributed by atoms with E-state index >= 15 is 0 Å². The van der Waals surface area contributed by atoms with Crippen molar-refractivity contribution in [3.8, 4) is 0 Å². The first-order valence-electron chi connectivity index (χ1n) is 7.44. The molecular weight excluding hydrogens is 346 g/mol. The van der Waals surface area contributed by atoms with E-state index in [9.17, 15) is 9.59 Å². The Morgan fingerprint density at radius 2 is 2.08 bits per heavy atom. The Morgan fingerprint density at radius 1 is 1.25 bits per heavy atom. The van der Waals surface area contributed by atoms with E-state index in [2.05, 4.69) is 4.98 Å². The summed E-state index contributed by atoms with van der Waals surface area (Å²) in [6.45, 7) is 0.966. The highest BCUT2D eigenvalue weighted by atomic mass is 35.5. The summed E-state index contributed by atoms with van der Waals surface area (Å²) in [4.78, 5) is 32.6. The van der Waals surface area contributed by atoms with Gasteiger partial charge in [0.25, 0.3) is 5.91 Å². The van der Waals surface area contributed by atoms with Crippen molar-refractivity contribution in [2.24, 2.45) is 0 Å². The fourth-order valence-electron chi connectivity index (χ4n) is 2.65. The average Bonchev–Trinajstić information content (AvgIpc) is 2.61. The molecule has 1 saturated heterocycles. The van der Waals surface area contributed by atoms with Gasteiger partial charge in [-0.1, -0.05) is 17.7 Å². The van der Waals surface area contributed by atoms with Gasteiger partial charge in [0.1, 0.15) is 11.6 Å². The van der Waals surface area contributed by atoms with Gasteiger partial charge in [-0.05, 0) is 36.6 Å². The summed E-state index contributed by atoms with van der Waals surface area (Å²) in [6.07, 6.45) is 3.53. The zero-order valence-electron chi connectivity index (χ0n) is 13.1. The molecule has 0 unspecified atom stereocenters. The summed E-state index contributed by atoms with van der Waals surface area (Å²) in [5.41, 5.74) is 1.29. The number of rotatable bonds is 3. The van der Waals surface area contributed by atoms with Gasteiger partial charge in [-0.2, -0.15) is 0 Å². The molecule has 0 spiro atoms. The highest BCUT2D eigenvalue weighted by molar-refractivity contribution is 7.98. The van der Waals surface area contributed by atoms with Crippen LogP contribution in [0.1, 0.15) is 10.4 Å². The highest BCUT2D eigenvalue weighted by Gasteiger charge is 2.29. The molecule has 0 aliphatic carbocycles. The maximum Gasteiger partial charge on any atom is 0.257 e. The number of aromatic nitrogens is 1. The van der Waals surface area contributed by atoms with E-state index < -0.39 is 0 Å². The molecule has 2 heterocycles. The Hall–Kier alpha value is -2.05. The third kappa shape index (κ3) is 3.39. The van der Waals surface area contributed by atoms with Gasteiger partial charge in [0.2, 0.25) is 5.91 Å². The quantitative estimate of drug-likeness (QED) is 0.789. The number of anilines is 1. The Morgan fingerprint density at radius 3 is 2.79 bits per heavy atom. The van der Waals surface area contributed by atoms with Crippen LogP contribution < -0.4 is 4.90 Å². The first-order chi connectivity index (χ1) is 11.6. The zero-order chi connectivity index (χ0) is 17.1. The lowest BCUT2D eigenvalue weighted by Crippen LogP contribution is -2.52. The van der Waals surface area contributed by atoms with Crippen molar-refractivity contribution in [2.45, 2.75) is 5.03 Å². The lowest BCUT2D eigenvalue weighted by molar-refractivity contribution is -0.120. The number of nitrogens with zero attached hydrogens (tertiary/aromatic N) is 3. The number of thioether (sulfide) groups is 1. The summed E-state index contributed by atoms with van der Waals surface area (Å²) in [7, 11) is 0. The molecule has 2 aromatic rings. The van der Waals surface area contributed by atoms with Crippen LogP contribution in [-0.4, -0.2) is 47.6 Å². The number of amides is 2. The maximum absolute atomic E-state index is 12.7. The van der Waals surface area contributed by atoms with Gasteiger partial charge >= 0.3 is 0 Å². The number of carbonyl (C=O) groups is 2. The van der Waals surface area contributed by atoms with Crippen molar-refractivity contribution >= 4 is 40.9 Å². The predicted molar refractivity (Wildman–Crippen MR) is 95.7 cm³/mol. The third-order valence-corrected chi connectivity index (χ3v) is 4.77. The lowest BCUT2D eigenvalue weighted by atomic mass is 10.2. The van der Waals surface area contributed by atoms with Crippen molar-refractivity contribution in [1.82, 2.24) is 9.88 Å². The van der Waals surface area contributed by atoms with Crippen molar-refractivity contribution in [3.05, 3.63) is 53.2 Å². The molecule has 0 saturated carbocycles. The third-order valence-electron chi connectivity index (χ3n) is 3.82. The van der Waals surface area contributed by atoms with Crippen LogP contribution in [0, 0.1) is 0 Å². The second kappa shape index (κ2) is 7.23. The van der Waals surface area contributed by atoms with Crippen LogP contribution in [0.5, 0.6) is 0 Å². The van der Waals surface area contributed by atoms with Crippen molar-refractivity contribution in [3.63, 3.8) is 0 Å². The van der Waals surface area contributed by atoms with Crippen LogP contribution in [0.15, 0.2) is 47.6 Å². The monoisotopic (exact) mass is 361 g/mol. The van der Waals surface area contributed by atoms with Gasteiger partial charge in [0, 0.05) is 30.0 Å². The molecule has 24 heavy (non-hydrogen) atoms. The zero-order valence-corrected chi connectivity index (χ0v) is 14.7. The molecule has 0 radical (unpaired) electrons. The molecule has 7 heteroatoms. The molecule has 1 aromatic carbocycles. The second-order valence-electron chi connectivity index (χ2n) is 5.31. The van der Waals surface area contributed by atoms with Gasteiger partial charge < -0.3 is 9.80 Å². The topological polar surface area (TPSA) is 53.5 Å². The SMILES string of the molecule is CSc1ncccc1C(=O)N1CCN(c2cccc(Cl)c2)C(=O)C1. The highest BCUT2D eigenvalue weighted by Crippen LogP contribution is 2.23. The molecule has 5 nitrogen and oxygen atoms in total. The minimum Gasteiger partial charge on any atom is -0.327 e. The van der Waals surface area contributed by atoms with E-state index in [-0.39, 0.29) is 18.4 Å². The first kappa shape index (κ1) is 16.8. The molecule has 1 aliphatic rings. The van der Waals surface area contributed by atoms with E-state index in [0.29, 0.717) is 28.7 Å². The van der Waals surface area contributed by atoms with E-state index in [4.69, 9.17) is 11.6 Å². The molecule has 1 aromatic heterocycles. The van der Waals surface area contributed by atoms with Crippen molar-refractivity contribution < 1.29 is 9.59 Å². The van der Waals surface area contributed by atoms with Gasteiger partial charge in [-0.15, -0.1) is 11.8 Å². The molecule has 0 atom stereocenters. The fourth-order valence-corrected chi connectivity index (χ4v) is 3.38. The van der Waals surface area contributed by atoms with Crippen LogP contribution >= 0.6 is 23.4 Å². The molecular formula is C17H16ClN3O2S. The first-order valence-corrected chi connectivity index (χ1v) is 9.04. The summed E-state index contributed by atoms with van der Waals surface area (Å²) in [5, 5.41) is 1.26. The van der Waals surface area contributed by atoms with Gasteiger partial charge in [0.05, 0.1) is 5.56 Å². The number of pyridine rings is 1. The second-order valence-corrected chi connectivity index (χ2v) is 6.54. The Balaban J connectivity index is 1.76. The Bertz CT molecular complexity index is 784. The minimum atomic E-state index is -0.161. The van der Waals surface area contributed by atoms with Crippen LogP contribution in [0.3, 0.4) is 0 Å². The lowest BCUT2D eigenvalue weighted by Gasteiger charge is -2.34. The predicted octanol–water partition coefficient (Wildman–Crippen LogP) is 2.95. The summed E-state index contributed by atoms with van der Waals surface area (Å²) in [6, 6.07) is 10.6. The van der Waals surface area contributed by atoms with E-state index in [0.717, 1.165) is 5.69 Å². The number of hydrogen-bond donors (Lipinski definition) is 0. The average molecular weight is 362 g/mol. The number of benzene rings is 1. The molecule has 3 rings (SSSR count). The normalized spacial score (nSPS) is 14.8. The van der Waals surface area contributed by atoms with Gasteiger partial charge in [-0.25, -0.2) is 4.98 Å². The molecule has 1 aliphatic heterocycles. The fraction of sp³-hybridized carbons (Fsp3) is 0.235. The number of hydrogen-bond acceptors (Lipinski definition) is 4. The summed E-state index contributed by atoms with van der Waals surface area (Å²) in [5.74, 6) is -0.280. The van der Waals surface area contributed by atoms with E-state index in [1.807, 2.05) is 18.4 Å². The summed E-state index contributed by atoms with van der Waals surface area (Å²) >= 11 is 7.41. The smallest absolute Gasteiger partial charge is 0.257 e. The minimum absolute atomic E-state index is 0.0497. The molecule has 2 amide bonds. The number of piperazine rings is 1. The molecule has 0 N–H and O–H groups in total. The number of carbonyl (C=O) groups excluding carboxylic acids is 2. The van der Waals surface area contributed by atoms with Crippen LogP contribution in [0.25, 0.3) is 0 Å². The molecule has 0 bridgehead atoms. The standard InChI is InChI=1S/C17H16ClN3O2S/c1-24-16-14(6-3-7-19-16)17(23)20-8-9-21(15(22)11-20)13-5-2-4-12(18)10-13/h2-7,10H,8-9,11H2,1H3. The Kier molecular flexibility index (Phi) is 5.06. The van der Waals surface area contributed by atoms with E-state index in [1.165, 1.54) is 11.8 Å². The number of halogens is 1. The van der Waals surface area contributed by atoms with Crippen molar-refractivity contribution in [2.75, 3.05) is 30.8 Å². The maximum atomic E-state index is 12.7. The van der Waals surface area contributed by atoms with Gasteiger partial charge in [-0.3, -0.25) is 9.59 Å². The van der Waals surface area contributed by atoms with Crippen LogP contribution in [0.2, 0.25) is 5.02 Å². The molecule has 1 fully saturated rings. The summed E-state index contributed by atoms with van der Waals surface area (Å²) < 4.78 is 0. The molecule has 124 valence electrons. The van der Waals surface area contributed by atoms with Crippen LogP contribution in [-0.2, 0) is 4.79 Å². The largest absolute Gasteiger partial charge is 0.327 e. The Labute approximate surface area is 149 Å². The van der Waals surface area contributed by atoms with E-state index in [1.54, 1.807) is 40.3 Å².